The quantitative estimate of drug-likeness (QED) is 0.406. The van der Waals surface area contributed by atoms with Crippen molar-refractivity contribution in [1.29, 1.82) is 0 Å². The van der Waals surface area contributed by atoms with Gasteiger partial charge in [0.25, 0.3) is 0 Å². The van der Waals surface area contributed by atoms with Crippen molar-refractivity contribution < 1.29 is 24.9 Å². The number of rotatable bonds is 7. The Kier molecular flexibility index (Phi) is 5.98. The number of benzene rings is 3. The normalized spacial score (nSPS) is 19.8. The number of amides is 1. The predicted octanol–water partition coefficient (Wildman–Crippen LogP) is 2.65. The summed E-state index contributed by atoms with van der Waals surface area (Å²) in [4.78, 5) is 19.8. The van der Waals surface area contributed by atoms with Gasteiger partial charge in [-0.05, 0) is 36.9 Å². The Morgan fingerprint density at radius 2 is 1.69 bits per heavy atom. The van der Waals surface area contributed by atoms with Crippen LogP contribution in [0.4, 0.5) is 11.4 Å². The van der Waals surface area contributed by atoms with Crippen molar-refractivity contribution >= 4 is 34.3 Å². The van der Waals surface area contributed by atoms with Gasteiger partial charge in [0, 0.05) is 24.0 Å². The molecule has 1 spiro atoms. The summed E-state index contributed by atoms with van der Waals surface area (Å²) in [6, 6.07) is 20.0. The Balaban J connectivity index is 1.51. The topological polar surface area (TPSA) is 115 Å². The number of anilines is 1. The Bertz CT molecular complexity index is 1330. The van der Waals surface area contributed by atoms with E-state index in [-0.39, 0.29) is 6.42 Å². The van der Waals surface area contributed by atoms with E-state index in [1.54, 1.807) is 0 Å². The van der Waals surface area contributed by atoms with Crippen LogP contribution in [0.5, 0.6) is 5.75 Å². The zero-order chi connectivity index (χ0) is 25.6. The molecule has 188 valence electrons. The first kappa shape index (κ1) is 24.2. The summed E-state index contributed by atoms with van der Waals surface area (Å²) in [5, 5.41) is 33.4. The second-order valence-corrected chi connectivity index (χ2v) is 10.0. The minimum absolute atomic E-state index is 0.0513. The largest absolute Gasteiger partial charge is 0.459 e. The molecule has 2 aliphatic heterocycles. The van der Waals surface area contributed by atoms with Gasteiger partial charge in [-0.3, -0.25) is 9.79 Å². The van der Waals surface area contributed by atoms with Crippen LogP contribution in [-0.4, -0.2) is 65.1 Å². The lowest BCUT2D eigenvalue weighted by Gasteiger charge is -2.46. The predicted molar refractivity (Wildman–Crippen MR) is 139 cm³/mol. The first-order valence-corrected chi connectivity index (χ1v) is 12.1. The van der Waals surface area contributed by atoms with Crippen LogP contribution >= 0.6 is 0 Å². The van der Waals surface area contributed by atoms with Crippen molar-refractivity contribution in [2.24, 2.45) is 4.99 Å². The van der Waals surface area contributed by atoms with Gasteiger partial charge < -0.3 is 30.3 Å². The first-order valence-electron chi connectivity index (χ1n) is 12.1. The highest BCUT2D eigenvalue weighted by atomic mass is 16.5. The Labute approximate surface area is 209 Å². The van der Waals surface area contributed by atoms with E-state index >= 15 is 0 Å². The number of fused-ring (bicyclic) bond motifs is 4. The maximum absolute atomic E-state index is 12.8. The lowest BCUT2D eigenvalue weighted by molar-refractivity contribution is -0.125. The van der Waals surface area contributed by atoms with Crippen LogP contribution in [0, 0.1) is 0 Å². The molecule has 36 heavy (non-hydrogen) atoms. The number of aliphatic hydroxyl groups excluding tert-OH is 3. The molecule has 0 aromatic heterocycles. The standard InChI is InChI=1S/C28H31N3O5/c1-26(2)21-9-5-6-10-22(21)31(14-13-24(35)30-27(16-32,17-33)18-34)28(26)15-29-25-20-8-4-3-7-19(20)11-12-23(25)36-28/h3-12,15,32-34H,13-14,16-18H2,1-2H3,(H,30,35). The lowest BCUT2D eigenvalue weighted by Crippen LogP contribution is -2.63. The van der Waals surface area contributed by atoms with Gasteiger partial charge in [-0.2, -0.15) is 0 Å². The van der Waals surface area contributed by atoms with Gasteiger partial charge in [0.2, 0.25) is 11.6 Å². The lowest BCUT2D eigenvalue weighted by atomic mass is 9.77. The monoisotopic (exact) mass is 489 g/mol. The van der Waals surface area contributed by atoms with E-state index in [0.717, 1.165) is 27.7 Å². The van der Waals surface area contributed by atoms with Gasteiger partial charge in [-0.1, -0.05) is 48.5 Å². The summed E-state index contributed by atoms with van der Waals surface area (Å²) in [5.41, 5.74) is -0.145. The fourth-order valence-electron chi connectivity index (χ4n) is 5.28. The fraction of sp³-hybridized carbons (Fsp3) is 0.357. The maximum Gasteiger partial charge on any atom is 0.228 e. The van der Waals surface area contributed by atoms with Crippen LogP contribution in [0.2, 0.25) is 0 Å². The van der Waals surface area contributed by atoms with Gasteiger partial charge in [0.1, 0.15) is 17.0 Å². The van der Waals surface area contributed by atoms with Crippen LogP contribution < -0.4 is 15.0 Å². The zero-order valence-electron chi connectivity index (χ0n) is 20.4. The number of carbonyl (C=O) groups is 1. The molecule has 8 heteroatoms. The molecule has 8 nitrogen and oxygen atoms in total. The van der Waals surface area contributed by atoms with E-state index < -0.39 is 42.4 Å². The molecule has 0 bridgehead atoms. The first-order chi connectivity index (χ1) is 17.3. The number of carbonyl (C=O) groups excluding carboxylic acids is 1. The molecule has 3 aromatic carbocycles. The van der Waals surface area contributed by atoms with Gasteiger partial charge in [-0.25, -0.2) is 0 Å². The highest BCUT2D eigenvalue weighted by molar-refractivity contribution is 6.00. The van der Waals surface area contributed by atoms with Crippen LogP contribution in [0.3, 0.4) is 0 Å². The Morgan fingerprint density at radius 3 is 2.44 bits per heavy atom. The van der Waals surface area contributed by atoms with Gasteiger partial charge in [0.15, 0.2) is 0 Å². The number of nitrogens with zero attached hydrogens (tertiary/aromatic N) is 2. The maximum atomic E-state index is 12.8. The third-order valence-electron chi connectivity index (χ3n) is 7.54. The van der Waals surface area contributed by atoms with Crippen LogP contribution in [0.1, 0.15) is 25.8 Å². The van der Waals surface area contributed by atoms with E-state index in [0.29, 0.717) is 12.3 Å². The van der Waals surface area contributed by atoms with Crippen molar-refractivity contribution in [3.05, 3.63) is 66.2 Å². The van der Waals surface area contributed by atoms with E-state index in [1.807, 2.05) is 60.8 Å². The molecular formula is C28H31N3O5. The minimum Gasteiger partial charge on any atom is -0.459 e. The molecule has 2 aliphatic rings. The summed E-state index contributed by atoms with van der Waals surface area (Å²) in [7, 11) is 0. The van der Waals surface area contributed by atoms with Crippen molar-refractivity contribution in [2.45, 2.75) is 36.9 Å². The molecule has 0 fully saturated rings. The number of para-hydroxylation sites is 1. The summed E-state index contributed by atoms with van der Waals surface area (Å²) < 4.78 is 6.82. The average molecular weight is 490 g/mol. The second kappa shape index (κ2) is 8.89. The van der Waals surface area contributed by atoms with E-state index in [1.165, 1.54) is 0 Å². The van der Waals surface area contributed by atoms with Crippen molar-refractivity contribution in [3.63, 3.8) is 0 Å². The molecule has 1 amide bonds. The fourth-order valence-corrected chi connectivity index (χ4v) is 5.28. The van der Waals surface area contributed by atoms with E-state index in [2.05, 4.69) is 30.1 Å². The molecular weight excluding hydrogens is 458 g/mol. The minimum atomic E-state index is -1.47. The van der Waals surface area contributed by atoms with Crippen LogP contribution in [-0.2, 0) is 10.2 Å². The molecule has 0 saturated carbocycles. The Morgan fingerprint density at radius 1 is 1.00 bits per heavy atom. The van der Waals surface area contributed by atoms with Crippen molar-refractivity contribution in [3.8, 4) is 5.75 Å². The second-order valence-electron chi connectivity index (χ2n) is 10.0. The van der Waals surface area contributed by atoms with Crippen molar-refractivity contribution in [1.82, 2.24) is 5.32 Å². The SMILES string of the molecule is CC1(C)c2ccccc2N(CCC(=O)NC(CO)(CO)CO)C12C=Nc1c(ccc3ccccc13)O2. The average Bonchev–Trinajstić information content (AvgIpc) is 3.08. The molecule has 2 heterocycles. The number of hydrogen-bond donors (Lipinski definition) is 4. The van der Waals surface area contributed by atoms with Crippen molar-refractivity contribution in [2.75, 3.05) is 31.3 Å². The Hall–Kier alpha value is -3.46. The number of aliphatic imine (C=N–C) groups is 1. The summed E-state index contributed by atoms with van der Waals surface area (Å²) >= 11 is 0. The summed E-state index contributed by atoms with van der Waals surface area (Å²) in [6.07, 6.45) is 1.90. The van der Waals surface area contributed by atoms with E-state index in [9.17, 15) is 20.1 Å². The number of ether oxygens (including phenoxy) is 1. The molecule has 1 unspecified atom stereocenters. The number of hydrogen-bond acceptors (Lipinski definition) is 7. The number of aliphatic hydroxyl groups is 3. The zero-order valence-corrected chi connectivity index (χ0v) is 20.4. The van der Waals surface area contributed by atoms with Crippen LogP contribution in [0.15, 0.2) is 65.7 Å². The molecule has 5 rings (SSSR count). The molecule has 0 radical (unpaired) electrons. The molecule has 0 aliphatic carbocycles. The van der Waals surface area contributed by atoms with Gasteiger partial charge in [-0.15, -0.1) is 0 Å². The van der Waals surface area contributed by atoms with Gasteiger partial charge in [0.05, 0.1) is 31.5 Å². The molecule has 4 N–H and O–H groups in total. The number of nitrogens with one attached hydrogen (secondary N) is 1. The molecule has 1 atom stereocenters. The van der Waals surface area contributed by atoms with Crippen LogP contribution in [0.25, 0.3) is 10.8 Å². The smallest absolute Gasteiger partial charge is 0.228 e. The molecule has 3 aromatic rings. The highest BCUT2D eigenvalue weighted by Crippen LogP contribution is 2.54. The molecule has 0 saturated heterocycles. The summed E-state index contributed by atoms with van der Waals surface area (Å²) in [5.74, 6) is 0.273. The summed E-state index contributed by atoms with van der Waals surface area (Å²) in [6.45, 7) is 2.79. The van der Waals surface area contributed by atoms with Gasteiger partial charge >= 0.3 is 0 Å². The van der Waals surface area contributed by atoms with E-state index in [4.69, 9.17) is 9.73 Å². The third-order valence-corrected chi connectivity index (χ3v) is 7.54. The third kappa shape index (κ3) is 3.56. The highest BCUT2D eigenvalue weighted by Gasteiger charge is 2.59.